The summed E-state index contributed by atoms with van der Waals surface area (Å²) in [4.78, 5) is 15.1. The predicted octanol–water partition coefficient (Wildman–Crippen LogP) is 5.81. The van der Waals surface area contributed by atoms with Crippen molar-refractivity contribution < 1.29 is 14.1 Å². The molecule has 1 heterocycles. The van der Waals surface area contributed by atoms with Gasteiger partial charge in [-0.25, -0.2) is 9.37 Å². The van der Waals surface area contributed by atoms with Crippen molar-refractivity contribution >= 4 is 16.6 Å². The van der Waals surface area contributed by atoms with Gasteiger partial charge in [0.05, 0.1) is 10.4 Å². The van der Waals surface area contributed by atoms with E-state index in [-0.39, 0.29) is 11.5 Å². The van der Waals surface area contributed by atoms with E-state index in [1.165, 1.54) is 30.3 Å². The molecule has 26 heavy (non-hydrogen) atoms. The first-order valence-electron chi connectivity index (χ1n) is 8.58. The normalized spacial score (nSPS) is 10.8. The van der Waals surface area contributed by atoms with Crippen LogP contribution in [-0.4, -0.2) is 9.91 Å². The molecule has 0 fully saturated rings. The lowest BCUT2D eigenvalue weighted by atomic mass is 10.0. The van der Waals surface area contributed by atoms with Gasteiger partial charge in [0.1, 0.15) is 11.6 Å². The van der Waals surface area contributed by atoms with Gasteiger partial charge >= 0.3 is 0 Å². The number of pyridine rings is 1. The molecule has 3 rings (SSSR count). The van der Waals surface area contributed by atoms with Gasteiger partial charge in [0.25, 0.3) is 5.69 Å². The quantitative estimate of drug-likeness (QED) is 0.305. The zero-order valence-corrected chi connectivity index (χ0v) is 14.4. The first-order chi connectivity index (χ1) is 12.6. The lowest BCUT2D eigenvalue weighted by molar-refractivity contribution is -0.384. The molecule has 0 aliphatic heterocycles. The predicted molar refractivity (Wildman–Crippen MR) is 98.1 cm³/mol. The molecule has 0 amide bonds. The van der Waals surface area contributed by atoms with Crippen LogP contribution in [0.25, 0.3) is 10.9 Å². The Kier molecular flexibility index (Phi) is 5.41. The number of hydrogen-bond acceptors (Lipinski definition) is 4. The van der Waals surface area contributed by atoms with Crippen LogP contribution in [0, 0.1) is 15.9 Å². The van der Waals surface area contributed by atoms with E-state index in [1.54, 1.807) is 12.1 Å². The Labute approximate surface area is 150 Å². The Morgan fingerprint density at radius 3 is 2.58 bits per heavy atom. The van der Waals surface area contributed by atoms with Crippen molar-refractivity contribution in [3.8, 4) is 11.6 Å². The van der Waals surface area contributed by atoms with Gasteiger partial charge in [-0.3, -0.25) is 10.1 Å². The maximum absolute atomic E-state index is 13.0. The number of ether oxygens (including phenoxy) is 1. The van der Waals surface area contributed by atoms with E-state index in [4.69, 9.17) is 4.74 Å². The van der Waals surface area contributed by atoms with Crippen molar-refractivity contribution in [2.45, 2.75) is 32.6 Å². The third kappa shape index (κ3) is 4.14. The van der Waals surface area contributed by atoms with Gasteiger partial charge in [-0.1, -0.05) is 19.8 Å². The fourth-order valence-electron chi connectivity index (χ4n) is 2.82. The molecule has 0 aliphatic carbocycles. The Hall–Kier alpha value is -3.02. The average Bonchev–Trinajstić information content (AvgIpc) is 2.63. The van der Waals surface area contributed by atoms with E-state index in [2.05, 4.69) is 11.9 Å². The number of aromatic nitrogens is 1. The molecular weight excluding hydrogens is 335 g/mol. The van der Waals surface area contributed by atoms with Crippen molar-refractivity contribution in [1.82, 2.24) is 4.98 Å². The molecule has 134 valence electrons. The molecule has 0 aliphatic rings. The number of nitro benzene ring substituents is 1. The van der Waals surface area contributed by atoms with Crippen LogP contribution in [-0.2, 0) is 6.42 Å². The molecule has 6 heteroatoms. The van der Waals surface area contributed by atoms with Gasteiger partial charge in [-0.2, -0.15) is 0 Å². The highest BCUT2D eigenvalue weighted by Gasteiger charge is 2.13. The van der Waals surface area contributed by atoms with Crippen molar-refractivity contribution in [2.24, 2.45) is 0 Å². The number of unbranched alkanes of at least 4 members (excludes halogenated alkanes) is 2. The summed E-state index contributed by atoms with van der Waals surface area (Å²) in [6.45, 7) is 2.12. The first kappa shape index (κ1) is 17.8. The number of benzene rings is 2. The Morgan fingerprint density at radius 2 is 1.88 bits per heavy atom. The molecule has 3 aromatic rings. The molecule has 0 N–H and O–H groups in total. The summed E-state index contributed by atoms with van der Waals surface area (Å²) in [5.74, 6) is 0.542. The summed E-state index contributed by atoms with van der Waals surface area (Å²) in [7, 11) is 0. The minimum atomic E-state index is -0.405. The number of non-ortho nitro benzene ring substituents is 1. The fraction of sp³-hybridized carbons (Fsp3) is 0.250. The third-order valence-electron chi connectivity index (χ3n) is 4.15. The number of nitrogens with zero attached hydrogens (tertiary/aromatic N) is 2. The second-order valence-corrected chi connectivity index (χ2v) is 6.09. The van der Waals surface area contributed by atoms with Crippen LogP contribution in [0.3, 0.4) is 0 Å². The summed E-state index contributed by atoms with van der Waals surface area (Å²) in [6, 6.07) is 12.2. The smallest absolute Gasteiger partial charge is 0.270 e. The minimum absolute atomic E-state index is 0.0447. The highest BCUT2D eigenvalue weighted by atomic mass is 19.1. The van der Waals surface area contributed by atoms with E-state index in [0.717, 1.165) is 36.6 Å². The highest BCUT2D eigenvalue weighted by Crippen LogP contribution is 2.29. The number of nitro groups is 1. The van der Waals surface area contributed by atoms with Gasteiger partial charge in [0.2, 0.25) is 5.88 Å². The Bertz CT molecular complexity index is 926. The maximum Gasteiger partial charge on any atom is 0.270 e. The van der Waals surface area contributed by atoms with E-state index < -0.39 is 4.92 Å². The molecule has 0 atom stereocenters. The lowest BCUT2D eigenvalue weighted by Crippen LogP contribution is -1.96. The first-order valence-corrected chi connectivity index (χ1v) is 8.58. The maximum atomic E-state index is 13.0. The minimum Gasteiger partial charge on any atom is -0.439 e. The van der Waals surface area contributed by atoms with Crippen LogP contribution >= 0.6 is 0 Å². The molecule has 0 saturated heterocycles. The number of rotatable bonds is 7. The van der Waals surface area contributed by atoms with Gasteiger partial charge in [0, 0.05) is 23.6 Å². The zero-order chi connectivity index (χ0) is 18.5. The van der Waals surface area contributed by atoms with Crippen molar-refractivity contribution in [1.29, 1.82) is 0 Å². The molecule has 0 unspecified atom stereocenters. The second-order valence-electron chi connectivity index (χ2n) is 6.09. The number of hydrogen-bond donors (Lipinski definition) is 0. The highest BCUT2D eigenvalue weighted by molar-refractivity contribution is 5.85. The van der Waals surface area contributed by atoms with Crippen molar-refractivity contribution in [3.05, 3.63) is 70.0 Å². The summed E-state index contributed by atoms with van der Waals surface area (Å²) < 4.78 is 18.8. The van der Waals surface area contributed by atoms with Crippen LogP contribution < -0.4 is 4.74 Å². The summed E-state index contributed by atoms with van der Waals surface area (Å²) in [5, 5.41) is 11.8. The van der Waals surface area contributed by atoms with Gasteiger partial charge < -0.3 is 4.74 Å². The summed E-state index contributed by atoms with van der Waals surface area (Å²) in [6.07, 6.45) is 3.93. The van der Waals surface area contributed by atoms with E-state index in [0.29, 0.717) is 17.1 Å². The van der Waals surface area contributed by atoms with Crippen LogP contribution in [0.4, 0.5) is 10.1 Å². The van der Waals surface area contributed by atoms with Crippen LogP contribution in [0.1, 0.15) is 31.7 Å². The SMILES string of the molecule is CCCCCc1cc(Oc2ccc(F)cc2)nc2ccc([N+](=O)[O-])cc12. The van der Waals surface area contributed by atoms with Gasteiger partial charge in [-0.05, 0) is 48.7 Å². The molecule has 1 aromatic heterocycles. The van der Waals surface area contributed by atoms with Crippen molar-refractivity contribution in [3.63, 3.8) is 0 Å². The second kappa shape index (κ2) is 7.91. The molecule has 2 aromatic carbocycles. The number of fused-ring (bicyclic) bond motifs is 1. The van der Waals surface area contributed by atoms with Crippen LogP contribution in [0.15, 0.2) is 48.5 Å². The number of halogens is 1. The summed E-state index contributed by atoms with van der Waals surface area (Å²) >= 11 is 0. The van der Waals surface area contributed by atoms with E-state index in [9.17, 15) is 14.5 Å². The zero-order valence-electron chi connectivity index (χ0n) is 14.4. The lowest BCUT2D eigenvalue weighted by Gasteiger charge is -2.11. The molecule has 5 nitrogen and oxygen atoms in total. The molecule has 0 saturated carbocycles. The van der Waals surface area contributed by atoms with Gasteiger partial charge in [-0.15, -0.1) is 0 Å². The molecular formula is C20H19FN2O3. The Morgan fingerprint density at radius 1 is 1.12 bits per heavy atom. The van der Waals surface area contributed by atoms with E-state index in [1.807, 2.05) is 6.07 Å². The van der Waals surface area contributed by atoms with Gasteiger partial charge in [0.15, 0.2) is 0 Å². The largest absolute Gasteiger partial charge is 0.439 e. The van der Waals surface area contributed by atoms with E-state index >= 15 is 0 Å². The Balaban J connectivity index is 1.99. The molecule has 0 bridgehead atoms. The monoisotopic (exact) mass is 354 g/mol. The third-order valence-corrected chi connectivity index (χ3v) is 4.15. The molecule has 0 spiro atoms. The standard InChI is InChI=1S/C20H19FN2O3/c1-2-3-4-5-14-12-20(26-17-9-6-15(21)7-10-17)22-19-11-8-16(23(24)25)13-18(14)19/h6-13H,2-5H2,1H3. The van der Waals surface area contributed by atoms with Crippen LogP contribution in [0.5, 0.6) is 11.6 Å². The molecule has 0 radical (unpaired) electrons. The number of aryl methyl sites for hydroxylation is 1. The van der Waals surface area contributed by atoms with Crippen molar-refractivity contribution in [2.75, 3.05) is 0 Å². The average molecular weight is 354 g/mol. The van der Waals surface area contributed by atoms with Crippen LogP contribution in [0.2, 0.25) is 0 Å². The fourth-order valence-corrected chi connectivity index (χ4v) is 2.82. The summed E-state index contributed by atoms with van der Waals surface area (Å²) in [5.41, 5.74) is 1.65. The topological polar surface area (TPSA) is 65.3 Å².